The highest BCUT2D eigenvalue weighted by Crippen LogP contribution is 2.19. The SMILES string of the molecule is Cc1nn(C)c(C(=O)NCCC2=CCCCC2)c1N. The number of aryl methyl sites for hydroxylation is 2. The van der Waals surface area contributed by atoms with Crippen LogP contribution in [0.1, 0.15) is 48.3 Å². The summed E-state index contributed by atoms with van der Waals surface area (Å²) in [5.41, 5.74) is 8.94. The maximum Gasteiger partial charge on any atom is 0.271 e. The van der Waals surface area contributed by atoms with Crippen molar-refractivity contribution in [3.8, 4) is 0 Å². The minimum atomic E-state index is -0.142. The molecule has 5 heteroatoms. The van der Waals surface area contributed by atoms with Crippen molar-refractivity contribution in [1.82, 2.24) is 15.1 Å². The maximum absolute atomic E-state index is 12.1. The third kappa shape index (κ3) is 3.16. The summed E-state index contributed by atoms with van der Waals surface area (Å²) in [6, 6.07) is 0. The summed E-state index contributed by atoms with van der Waals surface area (Å²) >= 11 is 0. The molecule has 0 aliphatic heterocycles. The lowest BCUT2D eigenvalue weighted by Crippen LogP contribution is -2.27. The molecular formula is C14H22N4O. The van der Waals surface area contributed by atoms with Gasteiger partial charge in [-0.1, -0.05) is 11.6 Å². The third-order valence-electron chi connectivity index (χ3n) is 3.60. The number of nitrogens with zero attached hydrogens (tertiary/aromatic N) is 2. The van der Waals surface area contributed by atoms with E-state index >= 15 is 0 Å². The zero-order valence-electron chi connectivity index (χ0n) is 11.7. The summed E-state index contributed by atoms with van der Waals surface area (Å²) in [6.45, 7) is 2.47. The van der Waals surface area contributed by atoms with Crippen LogP contribution in [-0.4, -0.2) is 22.2 Å². The predicted octanol–water partition coefficient (Wildman–Crippen LogP) is 1.93. The van der Waals surface area contributed by atoms with Crippen molar-refractivity contribution in [2.75, 3.05) is 12.3 Å². The van der Waals surface area contributed by atoms with Crippen molar-refractivity contribution in [2.45, 2.75) is 39.0 Å². The number of rotatable bonds is 4. The second-order valence-corrected chi connectivity index (χ2v) is 5.09. The lowest BCUT2D eigenvalue weighted by atomic mass is 9.97. The Morgan fingerprint density at radius 1 is 1.53 bits per heavy atom. The molecule has 0 saturated heterocycles. The molecule has 0 spiro atoms. The van der Waals surface area contributed by atoms with Crippen LogP contribution in [0.4, 0.5) is 5.69 Å². The average molecular weight is 262 g/mol. The highest BCUT2D eigenvalue weighted by molar-refractivity contribution is 5.97. The molecule has 1 aromatic rings. The first-order chi connectivity index (χ1) is 9.09. The summed E-state index contributed by atoms with van der Waals surface area (Å²) in [7, 11) is 1.74. The quantitative estimate of drug-likeness (QED) is 0.814. The van der Waals surface area contributed by atoms with Crippen LogP contribution >= 0.6 is 0 Å². The summed E-state index contributed by atoms with van der Waals surface area (Å²) in [5.74, 6) is -0.142. The Kier molecular flexibility index (Phi) is 4.24. The van der Waals surface area contributed by atoms with E-state index in [9.17, 15) is 4.79 Å². The molecule has 1 aliphatic carbocycles. The number of allylic oxidation sites excluding steroid dienone is 1. The van der Waals surface area contributed by atoms with Crippen LogP contribution in [-0.2, 0) is 7.05 Å². The first kappa shape index (κ1) is 13.6. The van der Waals surface area contributed by atoms with Gasteiger partial charge in [0.2, 0.25) is 0 Å². The lowest BCUT2D eigenvalue weighted by Gasteiger charge is -2.13. The minimum Gasteiger partial charge on any atom is -0.395 e. The van der Waals surface area contributed by atoms with Crippen LogP contribution in [0.15, 0.2) is 11.6 Å². The van der Waals surface area contributed by atoms with Gasteiger partial charge in [0, 0.05) is 13.6 Å². The minimum absolute atomic E-state index is 0.142. The van der Waals surface area contributed by atoms with Gasteiger partial charge in [0.05, 0.1) is 11.4 Å². The third-order valence-corrected chi connectivity index (χ3v) is 3.60. The van der Waals surface area contributed by atoms with Crippen molar-refractivity contribution in [1.29, 1.82) is 0 Å². The number of nitrogen functional groups attached to an aromatic ring is 1. The van der Waals surface area contributed by atoms with E-state index in [1.807, 2.05) is 0 Å². The molecule has 0 bridgehead atoms. The van der Waals surface area contributed by atoms with E-state index in [0.717, 1.165) is 6.42 Å². The number of hydrogen-bond donors (Lipinski definition) is 2. The van der Waals surface area contributed by atoms with E-state index in [1.54, 1.807) is 18.7 Å². The van der Waals surface area contributed by atoms with Crippen molar-refractivity contribution in [3.05, 3.63) is 23.0 Å². The van der Waals surface area contributed by atoms with Gasteiger partial charge in [-0.2, -0.15) is 5.10 Å². The second-order valence-electron chi connectivity index (χ2n) is 5.09. The molecule has 0 fully saturated rings. The van der Waals surface area contributed by atoms with Gasteiger partial charge in [0.15, 0.2) is 0 Å². The average Bonchev–Trinajstić information content (AvgIpc) is 2.64. The van der Waals surface area contributed by atoms with Crippen molar-refractivity contribution in [3.63, 3.8) is 0 Å². The molecule has 3 N–H and O–H groups in total. The van der Waals surface area contributed by atoms with Crippen molar-refractivity contribution >= 4 is 11.6 Å². The summed E-state index contributed by atoms with van der Waals surface area (Å²) in [5, 5.41) is 7.07. The Balaban J connectivity index is 1.89. The zero-order valence-corrected chi connectivity index (χ0v) is 11.7. The van der Waals surface area contributed by atoms with E-state index < -0.39 is 0 Å². The topological polar surface area (TPSA) is 72.9 Å². The Bertz CT molecular complexity index is 502. The van der Waals surface area contributed by atoms with Crippen LogP contribution in [0, 0.1) is 6.92 Å². The van der Waals surface area contributed by atoms with Gasteiger partial charge >= 0.3 is 0 Å². The predicted molar refractivity (Wildman–Crippen MR) is 75.9 cm³/mol. The van der Waals surface area contributed by atoms with Gasteiger partial charge in [0.1, 0.15) is 5.69 Å². The van der Waals surface area contributed by atoms with Gasteiger partial charge in [-0.15, -0.1) is 0 Å². The largest absolute Gasteiger partial charge is 0.395 e. The first-order valence-electron chi connectivity index (χ1n) is 6.84. The fourth-order valence-corrected chi connectivity index (χ4v) is 2.50. The summed E-state index contributed by atoms with van der Waals surface area (Å²) < 4.78 is 1.54. The fourth-order valence-electron chi connectivity index (χ4n) is 2.50. The van der Waals surface area contributed by atoms with Crippen molar-refractivity contribution in [2.24, 2.45) is 7.05 Å². The molecule has 19 heavy (non-hydrogen) atoms. The molecule has 0 atom stereocenters. The number of nitrogens with one attached hydrogen (secondary N) is 1. The van der Waals surface area contributed by atoms with E-state index in [-0.39, 0.29) is 5.91 Å². The standard InChI is InChI=1S/C14H22N4O/c1-10-12(15)13(18(2)17-10)14(19)16-9-8-11-6-4-3-5-7-11/h6H,3-5,7-9,15H2,1-2H3,(H,16,19). The normalized spacial score (nSPS) is 15.2. The van der Waals surface area contributed by atoms with Gasteiger partial charge in [0.25, 0.3) is 5.91 Å². The monoisotopic (exact) mass is 262 g/mol. The zero-order chi connectivity index (χ0) is 13.8. The Labute approximate surface area is 113 Å². The lowest BCUT2D eigenvalue weighted by molar-refractivity contribution is 0.0945. The number of carbonyl (C=O) groups is 1. The van der Waals surface area contributed by atoms with E-state index in [4.69, 9.17) is 5.73 Å². The molecule has 2 rings (SSSR count). The van der Waals surface area contributed by atoms with E-state index in [2.05, 4.69) is 16.5 Å². The van der Waals surface area contributed by atoms with Gasteiger partial charge < -0.3 is 11.1 Å². The molecular weight excluding hydrogens is 240 g/mol. The number of anilines is 1. The van der Waals surface area contributed by atoms with Crippen molar-refractivity contribution < 1.29 is 4.79 Å². The highest BCUT2D eigenvalue weighted by Gasteiger charge is 2.17. The summed E-state index contributed by atoms with van der Waals surface area (Å²) in [4.78, 5) is 12.1. The van der Waals surface area contributed by atoms with Crippen LogP contribution in [0.5, 0.6) is 0 Å². The van der Waals surface area contributed by atoms with Gasteiger partial charge in [-0.05, 0) is 39.0 Å². The van der Waals surface area contributed by atoms with Gasteiger partial charge in [-0.3, -0.25) is 9.48 Å². The van der Waals surface area contributed by atoms with E-state index in [1.165, 1.54) is 31.3 Å². The second kappa shape index (κ2) is 5.91. The molecule has 0 aromatic carbocycles. The van der Waals surface area contributed by atoms with Crippen LogP contribution < -0.4 is 11.1 Å². The molecule has 0 radical (unpaired) electrons. The highest BCUT2D eigenvalue weighted by atomic mass is 16.2. The Morgan fingerprint density at radius 3 is 2.89 bits per heavy atom. The summed E-state index contributed by atoms with van der Waals surface area (Å²) in [6.07, 6.45) is 8.15. The number of amides is 1. The Hall–Kier alpha value is -1.78. The van der Waals surface area contributed by atoms with Gasteiger partial charge in [-0.25, -0.2) is 0 Å². The molecule has 5 nitrogen and oxygen atoms in total. The molecule has 0 saturated carbocycles. The van der Waals surface area contributed by atoms with E-state index in [0.29, 0.717) is 23.6 Å². The number of hydrogen-bond acceptors (Lipinski definition) is 3. The smallest absolute Gasteiger partial charge is 0.271 e. The van der Waals surface area contributed by atoms with Crippen LogP contribution in [0.2, 0.25) is 0 Å². The molecule has 1 aliphatic rings. The molecule has 0 unspecified atom stereocenters. The molecule has 1 heterocycles. The number of aromatic nitrogens is 2. The maximum atomic E-state index is 12.1. The fraction of sp³-hybridized carbons (Fsp3) is 0.571. The molecule has 104 valence electrons. The number of nitrogens with two attached hydrogens (primary N) is 1. The molecule has 1 aromatic heterocycles. The first-order valence-corrected chi connectivity index (χ1v) is 6.84. The Morgan fingerprint density at radius 2 is 2.32 bits per heavy atom. The number of carbonyl (C=O) groups excluding carboxylic acids is 1. The van der Waals surface area contributed by atoms with Crippen LogP contribution in [0.25, 0.3) is 0 Å². The van der Waals surface area contributed by atoms with Crippen LogP contribution in [0.3, 0.4) is 0 Å². The molecule has 1 amide bonds.